The van der Waals surface area contributed by atoms with Crippen LogP contribution in [-0.4, -0.2) is 62.3 Å². The van der Waals surface area contributed by atoms with Gasteiger partial charge in [-0.25, -0.2) is 18.4 Å². The summed E-state index contributed by atoms with van der Waals surface area (Å²) in [6.07, 6.45) is -2.01. The molecule has 2 unspecified atom stereocenters. The summed E-state index contributed by atoms with van der Waals surface area (Å²) in [4.78, 5) is 49.1. The molecule has 1 N–H and O–H groups in total. The molecule has 3 atom stereocenters. The van der Waals surface area contributed by atoms with Gasteiger partial charge in [-0.1, -0.05) is 18.7 Å². The lowest BCUT2D eigenvalue weighted by Crippen LogP contribution is -2.46. The SMILES string of the molecule is CN=C(SC1C(c2cc([N+](=O)[O-])cc(F)c2F)[C@@H]1C)N(C(=O)OC(C)(C)C)C(=O)OC(C)(C)C.O=CO. The maximum Gasteiger partial charge on any atom is 0.426 e. The molecule has 1 fully saturated rings. The smallest absolute Gasteiger partial charge is 0.426 e. The Morgan fingerprint density at radius 1 is 1.14 bits per heavy atom. The van der Waals surface area contributed by atoms with Crippen molar-refractivity contribution in [1.82, 2.24) is 4.90 Å². The Morgan fingerprint density at radius 3 is 1.97 bits per heavy atom. The standard InChI is InChI=1S/C22H29F2N3O6S.CH2O2/c1-11-15(13-9-12(27(30)31)10-14(23)16(13)24)17(11)34-18(25-8)26(19(28)32-21(2,3)4)20(29)33-22(5,6)7;2-1-3/h9-11,15,17H,1-8H3;1H,(H,2,3)/t11-,15?,17?;/m0./s1. The summed E-state index contributed by atoms with van der Waals surface area (Å²) in [5, 5.41) is 17.5. The van der Waals surface area contributed by atoms with E-state index in [0.717, 1.165) is 17.8 Å². The number of amidine groups is 1. The molecular weight excluding hydrogens is 516 g/mol. The molecule has 2 amide bonds. The van der Waals surface area contributed by atoms with Crippen LogP contribution >= 0.6 is 11.8 Å². The van der Waals surface area contributed by atoms with E-state index in [1.165, 1.54) is 7.05 Å². The Bertz CT molecular complexity index is 1040. The number of carbonyl (C=O) groups excluding carboxylic acids is 2. The van der Waals surface area contributed by atoms with Gasteiger partial charge in [0.15, 0.2) is 16.8 Å². The van der Waals surface area contributed by atoms with Gasteiger partial charge in [-0.15, -0.1) is 0 Å². The molecule has 1 saturated carbocycles. The van der Waals surface area contributed by atoms with Crippen LogP contribution in [0.25, 0.3) is 0 Å². The molecular formula is C23H31F2N3O8S. The number of carbonyl (C=O) groups is 3. The number of carboxylic acid groups (broad SMARTS) is 1. The lowest BCUT2D eigenvalue weighted by Gasteiger charge is -2.28. The molecule has 37 heavy (non-hydrogen) atoms. The second-order valence-electron chi connectivity index (χ2n) is 9.96. The number of amides is 2. The maximum absolute atomic E-state index is 14.5. The van der Waals surface area contributed by atoms with Crippen LogP contribution in [0, 0.1) is 27.7 Å². The van der Waals surface area contributed by atoms with Gasteiger partial charge in [0.05, 0.1) is 11.0 Å². The van der Waals surface area contributed by atoms with Crippen molar-refractivity contribution in [1.29, 1.82) is 0 Å². The zero-order chi connectivity index (χ0) is 28.9. The highest BCUT2D eigenvalue weighted by atomic mass is 32.2. The van der Waals surface area contributed by atoms with Crippen LogP contribution in [0.15, 0.2) is 17.1 Å². The first-order chi connectivity index (χ1) is 16.9. The van der Waals surface area contributed by atoms with Gasteiger partial charge in [-0.2, -0.15) is 4.90 Å². The molecule has 14 heteroatoms. The molecule has 2 rings (SSSR count). The number of nitrogens with zero attached hydrogens (tertiary/aromatic N) is 3. The lowest BCUT2D eigenvalue weighted by atomic mass is 10.1. The molecule has 1 aliphatic carbocycles. The van der Waals surface area contributed by atoms with Crippen LogP contribution in [0.1, 0.15) is 59.9 Å². The number of benzene rings is 1. The van der Waals surface area contributed by atoms with Gasteiger partial charge in [-0.3, -0.25) is 19.9 Å². The Morgan fingerprint density at radius 2 is 1.59 bits per heavy atom. The molecule has 1 aromatic rings. The summed E-state index contributed by atoms with van der Waals surface area (Å²) >= 11 is 0.983. The van der Waals surface area contributed by atoms with E-state index in [2.05, 4.69) is 4.99 Å². The average Bonchev–Trinajstić information content (AvgIpc) is 3.35. The number of hydrogen-bond donors (Lipinski definition) is 1. The molecule has 206 valence electrons. The second-order valence-corrected chi connectivity index (χ2v) is 11.1. The predicted octanol–water partition coefficient (Wildman–Crippen LogP) is 5.57. The fourth-order valence-electron chi connectivity index (χ4n) is 3.18. The normalized spacial score (nSPS) is 19.2. The Balaban J connectivity index is 0.00000217. The first-order valence-corrected chi connectivity index (χ1v) is 11.9. The molecule has 0 saturated heterocycles. The van der Waals surface area contributed by atoms with Gasteiger partial charge in [0, 0.05) is 29.8 Å². The Kier molecular flexibility index (Phi) is 10.6. The quantitative estimate of drug-likeness (QED) is 0.169. The molecule has 11 nitrogen and oxygen atoms in total. The number of imide groups is 1. The van der Waals surface area contributed by atoms with Gasteiger partial charge in [0.25, 0.3) is 12.2 Å². The third-order valence-corrected chi connectivity index (χ3v) is 6.26. The monoisotopic (exact) mass is 547 g/mol. The zero-order valence-electron chi connectivity index (χ0n) is 21.8. The van der Waals surface area contributed by atoms with E-state index in [1.54, 1.807) is 48.5 Å². The molecule has 0 radical (unpaired) electrons. The Labute approximate surface area is 217 Å². The van der Waals surface area contributed by atoms with E-state index in [4.69, 9.17) is 19.4 Å². The topological polar surface area (TPSA) is 149 Å². The lowest BCUT2D eigenvalue weighted by molar-refractivity contribution is -0.385. The number of aliphatic imine (C=N–C) groups is 1. The van der Waals surface area contributed by atoms with Crippen molar-refractivity contribution >= 4 is 41.3 Å². The van der Waals surface area contributed by atoms with Gasteiger partial charge in [-0.05, 0) is 47.5 Å². The van der Waals surface area contributed by atoms with Gasteiger partial charge in [0.1, 0.15) is 11.2 Å². The number of rotatable bonds is 3. The number of thioether (sulfide) groups is 1. The van der Waals surface area contributed by atoms with Gasteiger partial charge in [0.2, 0.25) is 0 Å². The summed E-state index contributed by atoms with van der Waals surface area (Å²) in [5.41, 5.74) is -2.54. The first kappa shape index (κ1) is 31.7. The molecule has 1 aliphatic rings. The van der Waals surface area contributed by atoms with Crippen molar-refractivity contribution in [2.75, 3.05) is 7.05 Å². The molecule has 0 heterocycles. The van der Waals surface area contributed by atoms with E-state index in [0.29, 0.717) is 11.0 Å². The van der Waals surface area contributed by atoms with Crippen molar-refractivity contribution in [3.8, 4) is 0 Å². The third-order valence-electron chi connectivity index (χ3n) is 4.68. The molecule has 0 spiro atoms. The zero-order valence-corrected chi connectivity index (χ0v) is 22.6. The second kappa shape index (κ2) is 12.3. The van der Waals surface area contributed by atoms with E-state index in [1.807, 2.05) is 0 Å². The van der Waals surface area contributed by atoms with E-state index >= 15 is 0 Å². The minimum atomic E-state index is -1.32. The largest absolute Gasteiger partial charge is 0.483 e. The minimum Gasteiger partial charge on any atom is -0.483 e. The van der Waals surface area contributed by atoms with Crippen LogP contribution in [0.4, 0.5) is 24.1 Å². The highest BCUT2D eigenvalue weighted by Gasteiger charge is 2.52. The van der Waals surface area contributed by atoms with Crippen molar-refractivity contribution in [3.63, 3.8) is 0 Å². The molecule has 1 aromatic carbocycles. The van der Waals surface area contributed by atoms with Gasteiger partial charge >= 0.3 is 12.2 Å². The summed E-state index contributed by atoms with van der Waals surface area (Å²) in [5.74, 6) is -3.34. The highest BCUT2D eigenvalue weighted by Crippen LogP contribution is 2.56. The predicted molar refractivity (Wildman–Crippen MR) is 133 cm³/mol. The summed E-state index contributed by atoms with van der Waals surface area (Å²) in [6.45, 7) is 11.3. The first-order valence-electron chi connectivity index (χ1n) is 11.0. The molecule has 0 aliphatic heterocycles. The summed E-state index contributed by atoms with van der Waals surface area (Å²) in [6, 6.07) is 1.53. The number of nitro benzene ring substituents is 1. The third kappa shape index (κ3) is 8.95. The number of nitro groups is 1. The number of halogens is 2. The van der Waals surface area contributed by atoms with Gasteiger partial charge < -0.3 is 14.6 Å². The fraction of sp³-hybridized carbons (Fsp3) is 0.565. The highest BCUT2D eigenvalue weighted by molar-refractivity contribution is 8.14. The fourth-order valence-corrected chi connectivity index (χ4v) is 4.62. The number of ether oxygens (including phenoxy) is 2. The van der Waals surface area contributed by atoms with Crippen LogP contribution in [0.2, 0.25) is 0 Å². The van der Waals surface area contributed by atoms with Crippen LogP contribution in [0.5, 0.6) is 0 Å². The summed E-state index contributed by atoms with van der Waals surface area (Å²) in [7, 11) is 1.36. The summed E-state index contributed by atoms with van der Waals surface area (Å²) < 4.78 is 39.2. The Hall–Kier alpha value is -3.29. The van der Waals surface area contributed by atoms with E-state index in [-0.39, 0.29) is 23.1 Å². The van der Waals surface area contributed by atoms with E-state index < -0.39 is 56.8 Å². The van der Waals surface area contributed by atoms with Crippen molar-refractivity contribution in [2.24, 2.45) is 10.9 Å². The van der Waals surface area contributed by atoms with Crippen LogP contribution < -0.4 is 0 Å². The average molecular weight is 548 g/mol. The number of non-ortho nitro benzene ring substituents is 1. The van der Waals surface area contributed by atoms with Crippen molar-refractivity contribution in [3.05, 3.63) is 39.4 Å². The minimum absolute atomic E-state index is 0.0610. The number of hydrogen-bond acceptors (Lipinski definition) is 9. The van der Waals surface area contributed by atoms with Crippen LogP contribution in [0.3, 0.4) is 0 Å². The van der Waals surface area contributed by atoms with Crippen molar-refractivity contribution in [2.45, 2.75) is 70.8 Å². The molecule has 0 bridgehead atoms. The maximum atomic E-state index is 14.5. The van der Waals surface area contributed by atoms with Crippen molar-refractivity contribution < 1.29 is 42.7 Å². The molecule has 0 aromatic heterocycles. The van der Waals surface area contributed by atoms with E-state index in [9.17, 15) is 28.5 Å². The van der Waals surface area contributed by atoms with Crippen LogP contribution in [-0.2, 0) is 14.3 Å².